The van der Waals surface area contributed by atoms with Crippen molar-refractivity contribution >= 4 is 34.1 Å². The molecule has 164 valence electrons. The van der Waals surface area contributed by atoms with Crippen LogP contribution in [0, 0.1) is 12.7 Å². The number of fused-ring (bicyclic) bond motifs is 1. The van der Waals surface area contributed by atoms with Gasteiger partial charge in [0.25, 0.3) is 0 Å². The average molecular weight is 452 g/mol. The molecule has 5 rings (SSSR count). The van der Waals surface area contributed by atoms with Crippen molar-refractivity contribution in [1.82, 2.24) is 25.5 Å². The second-order valence-electron chi connectivity index (χ2n) is 7.79. The first-order valence-electron chi connectivity index (χ1n) is 10.5. The van der Waals surface area contributed by atoms with Gasteiger partial charge in [0.15, 0.2) is 11.6 Å². The molecule has 32 heavy (non-hydrogen) atoms. The lowest BCUT2D eigenvalue weighted by molar-refractivity contribution is 0.584. The summed E-state index contributed by atoms with van der Waals surface area (Å²) in [6.45, 7) is 5.55. The summed E-state index contributed by atoms with van der Waals surface area (Å²) in [5, 5.41) is 15.4. The molecule has 3 heterocycles. The van der Waals surface area contributed by atoms with Crippen LogP contribution in [-0.4, -0.2) is 46.3 Å². The Morgan fingerprint density at radius 2 is 2.03 bits per heavy atom. The maximum atomic E-state index is 14.2. The zero-order chi connectivity index (χ0) is 22.1. The number of H-pyrrole nitrogens is 1. The van der Waals surface area contributed by atoms with E-state index < -0.39 is 0 Å². The lowest BCUT2D eigenvalue weighted by Crippen LogP contribution is -2.44. The summed E-state index contributed by atoms with van der Waals surface area (Å²) in [7, 11) is 0. The Morgan fingerprint density at radius 1 is 1.19 bits per heavy atom. The predicted octanol–water partition coefficient (Wildman–Crippen LogP) is 4.14. The maximum absolute atomic E-state index is 14.2. The van der Waals surface area contributed by atoms with Crippen LogP contribution in [-0.2, 0) is 6.54 Å². The molecule has 1 fully saturated rings. The Balaban J connectivity index is 1.50. The van der Waals surface area contributed by atoms with E-state index in [1.807, 2.05) is 19.1 Å². The number of halogens is 2. The van der Waals surface area contributed by atoms with Crippen molar-refractivity contribution in [2.24, 2.45) is 0 Å². The SMILES string of the molecule is Cc1n[nH]c2ccc(-c3cnc(NCc4c(F)cccc4Cl)c(N4CCNCC4)n3)cc12. The molecule has 2 aromatic carbocycles. The molecule has 3 N–H and O–H groups in total. The van der Waals surface area contributed by atoms with Gasteiger partial charge in [0.05, 0.1) is 23.1 Å². The summed E-state index contributed by atoms with van der Waals surface area (Å²) in [6.07, 6.45) is 1.74. The van der Waals surface area contributed by atoms with Gasteiger partial charge in [-0.15, -0.1) is 0 Å². The van der Waals surface area contributed by atoms with Gasteiger partial charge >= 0.3 is 0 Å². The molecule has 4 aromatic rings. The molecular weight excluding hydrogens is 429 g/mol. The lowest BCUT2D eigenvalue weighted by Gasteiger charge is -2.30. The highest BCUT2D eigenvalue weighted by Gasteiger charge is 2.19. The number of hydrogen-bond acceptors (Lipinski definition) is 6. The van der Waals surface area contributed by atoms with Crippen molar-refractivity contribution < 1.29 is 4.39 Å². The Hall–Kier alpha value is -3.23. The van der Waals surface area contributed by atoms with E-state index in [0.29, 0.717) is 16.4 Å². The van der Waals surface area contributed by atoms with Crippen molar-refractivity contribution in [1.29, 1.82) is 0 Å². The van der Waals surface area contributed by atoms with E-state index in [2.05, 4.69) is 36.8 Å². The summed E-state index contributed by atoms with van der Waals surface area (Å²) in [6, 6.07) is 10.8. The van der Waals surface area contributed by atoms with Crippen LogP contribution in [0.15, 0.2) is 42.6 Å². The van der Waals surface area contributed by atoms with Crippen LogP contribution in [0.4, 0.5) is 16.0 Å². The number of nitrogens with zero attached hydrogens (tertiary/aromatic N) is 4. The van der Waals surface area contributed by atoms with Crippen LogP contribution in [0.2, 0.25) is 5.02 Å². The van der Waals surface area contributed by atoms with Crippen LogP contribution in [0.25, 0.3) is 22.2 Å². The largest absolute Gasteiger partial charge is 0.363 e. The van der Waals surface area contributed by atoms with Gasteiger partial charge in [-0.05, 0) is 31.2 Å². The summed E-state index contributed by atoms with van der Waals surface area (Å²) in [4.78, 5) is 11.8. The zero-order valence-electron chi connectivity index (χ0n) is 17.6. The maximum Gasteiger partial charge on any atom is 0.172 e. The minimum Gasteiger partial charge on any atom is -0.363 e. The number of aryl methyl sites for hydroxylation is 1. The number of anilines is 2. The molecule has 7 nitrogen and oxygen atoms in total. The molecule has 0 saturated carbocycles. The highest BCUT2D eigenvalue weighted by molar-refractivity contribution is 6.31. The molecule has 0 atom stereocenters. The summed E-state index contributed by atoms with van der Waals surface area (Å²) in [5.74, 6) is 1.01. The zero-order valence-corrected chi connectivity index (χ0v) is 18.4. The molecule has 1 aliphatic heterocycles. The summed E-state index contributed by atoms with van der Waals surface area (Å²) in [5.41, 5.74) is 4.08. The molecule has 0 radical (unpaired) electrons. The van der Waals surface area contributed by atoms with Crippen LogP contribution in [0.3, 0.4) is 0 Å². The standard InChI is InChI=1S/C23H23ClFN7/c1-14-16-11-15(5-6-20(16)31-30-14)21-13-28-22(23(29-21)32-9-7-26-8-10-32)27-12-17-18(24)3-2-4-19(17)25/h2-6,11,13,26H,7-10,12H2,1H3,(H,27,28)(H,30,31). The Morgan fingerprint density at radius 3 is 2.84 bits per heavy atom. The Kier molecular flexibility index (Phi) is 5.63. The number of piperazine rings is 1. The topological polar surface area (TPSA) is 81.8 Å². The van der Waals surface area contributed by atoms with E-state index >= 15 is 0 Å². The summed E-state index contributed by atoms with van der Waals surface area (Å²) < 4.78 is 14.2. The molecule has 0 aliphatic carbocycles. The average Bonchev–Trinajstić information content (AvgIpc) is 3.19. The number of aromatic nitrogens is 4. The minimum absolute atomic E-state index is 0.221. The summed E-state index contributed by atoms with van der Waals surface area (Å²) >= 11 is 6.20. The molecule has 9 heteroatoms. The van der Waals surface area contributed by atoms with Gasteiger partial charge < -0.3 is 15.5 Å². The van der Waals surface area contributed by atoms with E-state index in [4.69, 9.17) is 16.6 Å². The Bertz CT molecular complexity index is 1250. The fourth-order valence-corrected chi connectivity index (χ4v) is 4.15. The quantitative estimate of drug-likeness (QED) is 0.423. The third kappa shape index (κ3) is 3.99. The second-order valence-corrected chi connectivity index (χ2v) is 8.19. The van der Waals surface area contributed by atoms with Crippen molar-refractivity contribution in [2.45, 2.75) is 13.5 Å². The van der Waals surface area contributed by atoms with Crippen molar-refractivity contribution in [3.63, 3.8) is 0 Å². The second kappa shape index (κ2) is 8.72. The van der Waals surface area contributed by atoms with Gasteiger partial charge in [0, 0.05) is 54.3 Å². The van der Waals surface area contributed by atoms with Gasteiger partial charge in [-0.2, -0.15) is 5.10 Å². The van der Waals surface area contributed by atoms with Gasteiger partial charge in [-0.3, -0.25) is 5.10 Å². The molecule has 0 spiro atoms. The lowest BCUT2D eigenvalue weighted by atomic mass is 10.1. The molecule has 0 unspecified atom stereocenters. The number of benzene rings is 2. The number of aromatic amines is 1. The molecule has 0 bridgehead atoms. The van der Waals surface area contributed by atoms with Gasteiger partial charge in [0.1, 0.15) is 5.82 Å². The number of rotatable bonds is 5. The van der Waals surface area contributed by atoms with Gasteiger partial charge in [-0.25, -0.2) is 14.4 Å². The molecule has 0 amide bonds. The normalized spacial score (nSPS) is 14.2. The van der Waals surface area contributed by atoms with Crippen molar-refractivity contribution in [3.8, 4) is 11.3 Å². The minimum atomic E-state index is -0.345. The van der Waals surface area contributed by atoms with Crippen LogP contribution in [0.5, 0.6) is 0 Å². The third-order valence-corrected chi connectivity index (χ3v) is 6.07. The smallest absolute Gasteiger partial charge is 0.172 e. The number of hydrogen-bond donors (Lipinski definition) is 3. The molecule has 2 aromatic heterocycles. The predicted molar refractivity (Wildman–Crippen MR) is 126 cm³/mol. The first kappa shape index (κ1) is 20.7. The first-order valence-corrected chi connectivity index (χ1v) is 10.9. The van der Waals surface area contributed by atoms with Crippen LogP contribution >= 0.6 is 11.6 Å². The van der Waals surface area contributed by atoms with Crippen LogP contribution in [0.1, 0.15) is 11.3 Å². The van der Waals surface area contributed by atoms with Crippen molar-refractivity contribution in [3.05, 3.63) is 64.7 Å². The molecular formula is C23H23ClFN7. The first-order chi connectivity index (χ1) is 15.6. The highest BCUT2D eigenvalue weighted by Crippen LogP contribution is 2.29. The van der Waals surface area contributed by atoms with Gasteiger partial charge in [0.2, 0.25) is 0 Å². The third-order valence-electron chi connectivity index (χ3n) is 5.71. The fraction of sp³-hybridized carbons (Fsp3) is 0.261. The van der Waals surface area contributed by atoms with E-state index in [9.17, 15) is 4.39 Å². The monoisotopic (exact) mass is 451 g/mol. The van der Waals surface area contributed by atoms with E-state index in [-0.39, 0.29) is 12.4 Å². The fourth-order valence-electron chi connectivity index (χ4n) is 3.92. The Labute approximate surface area is 190 Å². The highest BCUT2D eigenvalue weighted by atomic mass is 35.5. The molecule has 1 saturated heterocycles. The van der Waals surface area contributed by atoms with Crippen molar-refractivity contribution in [2.75, 3.05) is 36.4 Å². The van der Waals surface area contributed by atoms with E-state index in [0.717, 1.165) is 59.9 Å². The van der Waals surface area contributed by atoms with E-state index in [1.54, 1.807) is 18.3 Å². The van der Waals surface area contributed by atoms with E-state index in [1.165, 1.54) is 6.07 Å². The molecule has 1 aliphatic rings. The number of nitrogens with one attached hydrogen (secondary N) is 3. The van der Waals surface area contributed by atoms with Gasteiger partial charge in [-0.1, -0.05) is 23.7 Å². The van der Waals surface area contributed by atoms with Crippen LogP contribution < -0.4 is 15.5 Å².